The zero-order valence-corrected chi connectivity index (χ0v) is 11.1. The molecule has 2 aromatic rings. The third kappa shape index (κ3) is 2.90. The number of benzene rings is 1. The van der Waals surface area contributed by atoms with Crippen molar-refractivity contribution in [3.8, 4) is 5.75 Å². The number of furan rings is 1. The largest absolute Gasteiger partial charge is 0.481 e. The Hall–Kier alpha value is -1.26. The molecule has 1 aromatic heterocycles. The van der Waals surface area contributed by atoms with Gasteiger partial charge in [0, 0.05) is 11.0 Å². The molecule has 2 rings (SSSR count). The zero-order chi connectivity index (χ0) is 12.3. The zero-order valence-electron chi connectivity index (χ0n) is 9.52. The van der Waals surface area contributed by atoms with E-state index in [0.29, 0.717) is 6.54 Å². The number of nitrogens with two attached hydrogens (primary N) is 1. The van der Waals surface area contributed by atoms with E-state index in [-0.39, 0.29) is 6.10 Å². The minimum absolute atomic E-state index is 0.245. The van der Waals surface area contributed by atoms with Crippen LogP contribution in [-0.2, 0) is 0 Å². The fraction of sp³-hybridized carbons (Fsp3) is 0.231. The summed E-state index contributed by atoms with van der Waals surface area (Å²) in [5.41, 5.74) is 6.76. The molecule has 4 heteroatoms. The molecule has 0 amide bonds. The Labute approximate surface area is 109 Å². The summed E-state index contributed by atoms with van der Waals surface area (Å²) in [7, 11) is 0. The van der Waals surface area contributed by atoms with Crippen LogP contribution in [0, 0.1) is 6.92 Å². The summed E-state index contributed by atoms with van der Waals surface area (Å²) < 4.78 is 12.2. The van der Waals surface area contributed by atoms with Gasteiger partial charge < -0.3 is 14.9 Å². The van der Waals surface area contributed by atoms with Crippen LogP contribution in [0.4, 0.5) is 0 Å². The lowest BCUT2D eigenvalue weighted by Gasteiger charge is -2.17. The van der Waals surface area contributed by atoms with Crippen LogP contribution in [0.2, 0.25) is 0 Å². The number of rotatable bonds is 4. The summed E-state index contributed by atoms with van der Waals surface area (Å²) in [6.07, 6.45) is 1.38. The molecule has 0 radical (unpaired) electrons. The lowest BCUT2D eigenvalue weighted by molar-refractivity contribution is 0.183. The van der Waals surface area contributed by atoms with Crippen molar-refractivity contribution in [2.75, 3.05) is 6.54 Å². The van der Waals surface area contributed by atoms with Gasteiger partial charge in [-0.15, -0.1) is 0 Å². The molecule has 17 heavy (non-hydrogen) atoms. The molecule has 1 atom stereocenters. The van der Waals surface area contributed by atoms with Gasteiger partial charge in [0.2, 0.25) is 0 Å². The van der Waals surface area contributed by atoms with Crippen molar-refractivity contribution in [3.63, 3.8) is 0 Å². The highest BCUT2D eigenvalue weighted by Gasteiger charge is 2.15. The Kier molecular flexibility index (Phi) is 3.86. The quantitative estimate of drug-likeness (QED) is 0.940. The van der Waals surface area contributed by atoms with Crippen LogP contribution in [0.1, 0.15) is 17.4 Å². The molecule has 3 nitrogen and oxygen atoms in total. The molecular weight excluding hydrogens is 282 g/mol. The molecule has 0 aliphatic carbocycles. The predicted octanol–water partition coefficient (Wildman–Crippen LogP) is 3.43. The van der Waals surface area contributed by atoms with Crippen molar-refractivity contribution in [2.24, 2.45) is 5.73 Å². The first kappa shape index (κ1) is 12.2. The monoisotopic (exact) mass is 295 g/mol. The number of halogens is 1. The normalized spacial score (nSPS) is 12.4. The molecule has 1 aromatic carbocycles. The van der Waals surface area contributed by atoms with Crippen LogP contribution in [0.5, 0.6) is 5.75 Å². The topological polar surface area (TPSA) is 48.4 Å². The molecule has 0 bridgehead atoms. The van der Waals surface area contributed by atoms with Gasteiger partial charge in [0.05, 0.1) is 6.26 Å². The SMILES string of the molecule is Cc1cc(Br)ccc1OC(CN)c1ccco1. The maximum Gasteiger partial charge on any atom is 0.168 e. The standard InChI is InChI=1S/C13H14BrNO2/c1-9-7-10(14)4-5-11(9)17-13(8-15)12-3-2-6-16-12/h2-7,13H,8,15H2,1H3. The first-order chi connectivity index (χ1) is 8.20. The number of ether oxygens (including phenoxy) is 1. The highest BCUT2D eigenvalue weighted by atomic mass is 79.9. The predicted molar refractivity (Wildman–Crippen MR) is 70.0 cm³/mol. The Morgan fingerprint density at radius 2 is 2.24 bits per heavy atom. The van der Waals surface area contributed by atoms with Crippen molar-refractivity contribution in [2.45, 2.75) is 13.0 Å². The van der Waals surface area contributed by atoms with Gasteiger partial charge in [-0.1, -0.05) is 15.9 Å². The number of hydrogen-bond acceptors (Lipinski definition) is 3. The van der Waals surface area contributed by atoms with Crippen molar-refractivity contribution < 1.29 is 9.15 Å². The van der Waals surface area contributed by atoms with E-state index in [4.69, 9.17) is 14.9 Å². The smallest absolute Gasteiger partial charge is 0.168 e. The molecule has 1 heterocycles. The van der Waals surface area contributed by atoms with E-state index in [9.17, 15) is 0 Å². The van der Waals surface area contributed by atoms with Gasteiger partial charge in [0.1, 0.15) is 11.5 Å². The first-order valence-electron chi connectivity index (χ1n) is 5.37. The van der Waals surface area contributed by atoms with E-state index in [1.54, 1.807) is 6.26 Å². The summed E-state index contributed by atoms with van der Waals surface area (Å²) in [5.74, 6) is 1.56. The molecule has 0 aliphatic rings. The van der Waals surface area contributed by atoms with E-state index in [1.165, 1.54) is 0 Å². The van der Waals surface area contributed by atoms with E-state index in [1.807, 2.05) is 37.3 Å². The Balaban J connectivity index is 2.19. The van der Waals surface area contributed by atoms with Gasteiger partial charge >= 0.3 is 0 Å². The van der Waals surface area contributed by atoms with Gasteiger partial charge in [-0.25, -0.2) is 0 Å². The Bertz CT molecular complexity index is 482. The van der Waals surface area contributed by atoms with Crippen LogP contribution < -0.4 is 10.5 Å². The van der Waals surface area contributed by atoms with E-state index in [0.717, 1.165) is 21.5 Å². The molecule has 0 saturated heterocycles. The molecule has 2 N–H and O–H groups in total. The van der Waals surface area contributed by atoms with E-state index < -0.39 is 0 Å². The van der Waals surface area contributed by atoms with Gasteiger partial charge in [0.15, 0.2) is 6.10 Å². The van der Waals surface area contributed by atoms with Crippen molar-refractivity contribution in [1.29, 1.82) is 0 Å². The molecule has 0 saturated carbocycles. The molecule has 0 spiro atoms. The van der Waals surface area contributed by atoms with Crippen LogP contribution >= 0.6 is 15.9 Å². The number of hydrogen-bond donors (Lipinski definition) is 1. The summed E-state index contributed by atoms with van der Waals surface area (Å²) >= 11 is 3.42. The molecule has 0 aliphatic heterocycles. The van der Waals surface area contributed by atoms with Crippen LogP contribution in [0.3, 0.4) is 0 Å². The second kappa shape index (κ2) is 5.38. The third-order valence-electron chi connectivity index (χ3n) is 2.48. The molecule has 0 fully saturated rings. The summed E-state index contributed by atoms with van der Waals surface area (Å²) in [6, 6.07) is 9.57. The van der Waals surface area contributed by atoms with E-state index >= 15 is 0 Å². The fourth-order valence-electron chi connectivity index (χ4n) is 1.60. The lowest BCUT2D eigenvalue weighted by Crippen LogP contribution is -2.18. The van der Waals surface area contributed by atoms with Gasteiger partial charge in [0.25, 0.3) is 0 Å². The van der Waals surface area contributed by atoms with Crippen molar-refractivity contribution in [3.05, 3.63) is 52.4 Å². The molecule has 1 unspecified atom stereocenters. The maximum absolute atomic E-state index is 5.85. The third-order valence-corrected chi connectivity index (χ3v) is 2.97. The van der Waals surface area contributed by atoms with Gasteiger partial charge in [-0.2, -0.15) is 0 Å². The average molecular weight is 296 g/mol. The second-order valence-electron chi connectivity index (χ2n) is 3.77. The first-order valence-corrected chi connectivity index (χ1v) is 6.16. The van der Waals surface area contributed by atoms with Crippen LogP contribution in [0.15, 0.2) is 45.5 Å². The highest BCUT2D eigenvalue weighted by Crippen LogP contribution is 2.27. The minimum Gasteiger partial charge on any atom is -0.481 e. The molecular formula is C13H14BrNO2. The highest BCUT2D eigenvalue weighted by molar-refractivity contribution is 9.10. The lowest BCUT2D eigenvalue weighted by atomic mass is 10.2. The van der Waals surface area contributed by atoms with Gasteiger partial charge in [-0.05, 0) is 42.8 Å². The maximum atomic E-state index is 5.85. The second-order valence-corrected chi connectivity index (χ2v) is 4.68. The number of aryl methyl sites for hydroxylation is 1. The summed E-state index contributed by atoms with van der Waals surface area (Å²) in [4.78, 5) is 0. The van der Waals surface area contributed by atoms with Crippen molar-refractivity contribution >= 4 is 15.9 Å². The van der Waals surface area contributed by atoms with E-state index in [2.05, 4.69) is 15.9 Å². The Morgan fingerprint density at radius 1 is 1.41 bits per heavy atom. The Morgan fingerprint density at radius 3 is 2.82 bits per heavy atom. The fourth-order valence-corrected chi connectivity index (χ4v) is 2.07. The molecule has 90 valence electrons. The summed E-state index contributed by atoms with van der Waals surface area (Å²) in [5, 5.41) is 0. The van der Waals surface area contributed by atoms with Crippen LogP contribution in [-0.4, -0.2) is 6.54 Å². The van der Waals surface area contributed by atoms with Gasteiger partial charge in [-0.3, -0.25) is 0 Å². The van der Waals surface area contributed by atoms with Crippen LogP contribution in [0.25, 0.3) is 0 Å². The minimum atomic E-state index is -0.245. The van der Waals surface area contributed by atoms with Crippen molar-refractivity contribution in [1.82, 2.24) is 0 Å². The average Bonchev–Trinajstić information content (AvgIpc) is 2.81. The summed E-state index contributed by atoms with van der Waals surface area (Å²) in [6.45, 7) is 2.37.